The van der Waals surface area contributed by atoms with E-state index in [-0.39, 0.29) is 10.4 Å². The topological polar surface area (TPSA) is 0 Å². The van der Waals surface area contributed by atoms with Crippen LogP contribution in [0.25, 0.3) is 0 Å². The van der Waals surface area contributed by atoms with Crippen molar-refractivity contribution in [3.05, 3.63) is 33.8 Å². The van der Waals surface area contributed by atoms with Gasteiger partial charge in [0.1, 0.15) is 11.6 Å². The van der Waals surface area contributed by atoms with E-state index >= 15 is 0 Å². The maximum Gasteiger partial charge on any atom is 0.137 e. The molecular weight excluding hydrogens is 249 g/mol. The molecule has 66 valence electrons. The highest BCUT2D eigenvalue weighted by Crippen LogP contribution is 2.23. The van der Waals surface area contributed by atoms with Crippen LogP contribution in [0.15, 0.2) is 16.6 Å². The van der Waals surface area contributed by atoms with Crippen LogP contribution in [0, 0.1) is 11.6 Å². The molecule has 0 aliphatic carbocycles. The SMILES string of the molecule is Fc1ccc(F)c(CCCl)c1Br. The lowest BCUT2D eigenvalue weighted by Gasteiger charge is -2.03. The van der Waals surface area contributed by atoms with E-state index in [4.69, 9.17) is 11.6 Å². The number of hydrogen-bond donors (Lipinski definition) is 0. The minimum atomic E-state index is -0.462. The largest absolute Gasteiger partial charge is 0.207 e. The van der Waals surface area contributed by atoms with Crippen LogP contribution in [0.2, 0.25) is 0 Å². The lowest BCUT2D eigenvalue weighted by molar-refractivity contribution is 0.581. The summed E-state index contributed by atoms with van der Waals surface area (Å²) >= 11 is 8.38. The Hall–Kier alpha value is -0.150. The zero-order chi connectivity index (χ0) is 9.14. The van der Waals surface area contributed by atoms with E-state index in [1.807, 2.05) is 0 Å². The van der Waals surface area contributed by atoms with Gasteiger partial charge in [-0.05, 0) is 34.5 Å². The Labute approximate surface area is 82.7 Å². The minimum absolute atomic E-state index is 0.170. The fourth-order valence-corrected chi connectivity index (χ4v) is 1.60. The predicted octanol–water partition coefficient (Wildman–Crippen LogP) is 3.51. The Kier molecular flexibility index (Phi) is 3.47. The summed E-state index contributed by atoms with van der Waals surface area (Å²) in [5.74, 6) is -0.612. The molecule has 0 heterocycles. The van der Waals surface area contributed by atoms with Crippen molar-refractivity contribution in [2.45, 2.75) is 6.42 Å². The third-order valence-corrected chi connectivity index (χ3v) is 2.53. The molecule has 0 spiro atoms. The summed E-state index contributed by atoms with van der Waals surface area (Å²) in [6.45, 7) is 0. The van der Waals surface area contributed by atoms with Gasteiger partial charge in [0.05, 0.1) is 4.47 Å². The van der Waals surface area contributed by atoms with Crippen molar-refractivity contribution in [2.75, 3.05) is 5.88 Å². The number of halogens is 4. The van der Waals surface area contributed by atoms with Crippen LogP contribution < -0.4 is 0 Å². The quantitative estimate of drug-likeness (QED) is 0.560. The normalized spacial score (nSPS) is 10.3. The summed E-state index contributed by atoms with van der Waals surface area (Å²) in [4.78, 5) is 0. The summed E-state index contributed by atoms with van der Waals surface area (Å²) < 4.78 is 26.0. The molecular formula is C8H6BrClF2. The molecule has 0 fully saturated rings. The monoisotopic (exact) mass is 254 g/mol. The maximum absolute atomic E-state index is 13.0. The molecule has 0 aliphatic rings. The second-order valence-electron chi connectivity index (χ2n) is 2.26. The van der Waals surface area contributed by atoms with E-state index in [2.05, 4.69) is 15.9 Å². The molecule has 0 unspecified atom stereocenters. The molecule has 4 heteroatoms. The highest BCUT2D eigenvalue weighted by atomic mass is 79.9. The first kappa shape index (κ1) is 9.93. The van der Waals surface area contributed by atoms with Crippen LogP contribution in [0.4, 0.5) is 8.78 Å². The van der Waals surface area contributed by atoms with Crippen molar-refractivity contribution in [2.24, 2.45) is 0 Å². The van der Waals surface area contributed by atoms with E-state index in [0.29, 0.717) is 12.0 Å². The van der Waals surface area contributed by atoms with Gasteiger partial charge in [-0.25, -0.2) is 8.78 Å². The second kappa shape index (κ2) is 4.19. The Bertz CT molecular complexity index is 289. The first-order valence-corrected chi connectivity index (χ1v) is 4.68. The summed E-state index contributed by atoms with van der Waals surface area (Å²) in [7, 11) is 0. The van der Waals surface area contributed by atoms with Crippen molar-refractivity contribution in [1.29, 1.82) is 0 Å². The van der Waals surface area contributed by atoms with Crippen LogP contribution in [-0.2, 0) is 6.42 Å². The van der Waals surface area contributed by atoms with Gasteiger partial charge in [0.15, 0.2) is 0 Å². The molecule has 0 saturated carbocycles. The van der Waals surface area contributed by atoms with Crippen LogP contribution in [-0.4, -0.2) is 5.88 Å². The van der Waals surface area contributed by atoms with Gasteiger partial charge < -0.3 is 0 Å². The van der Waals surface area contributed by atoms with Gasteiger partial charge in [-0.15, -0.1) is 11.6 Å². The van der Waals surface area contributed by atoms with Gasteiger partial charge in [0.2, 0.25) is 0 Å². The van der Waals surface area contributed by atoms with Crippen LogP contribution in [0.1, 0.15) is 5.56 Å². The fraction of sp³-hybridized carbons (Fsp3) is 0.250. The Morgan fingerprint density at radius 1 is 1.25 bits per heavy atom. The molecule has 0 radical (unpaired) electrons. The van der Waals surface area contributed by atoms with E-state index in [9.17, 15) is 8.78 Å². The molecule has 0 N–H and O–H groups in total. The standard InChI is InChI=1S/C8H6BrClF2/c9-8-5(3-4-10)6(11)1-2-7(8)12/h1-2H,3-4H2. The highest BCUT2D eigenvalue weighted by Gasteiger charge is 2.10. The van der Waals surface area contributed by atoms with Gasteiger partial charge in [0.25, 0.3) is 0 Å². The van der Waals surface area contributed by atoms with E-state index < -0.39 is 11.6 Å². The van der Waals surface area contributed by atoms with Gasteiger partial charge in [-0.3, -0.25) is 0 Å². The van der Waals surface area contributed by atoms with Gasteiger partial charge in [0, 0.05) is 11.4 Å². The minimum Gasteiger partial charge on any atom is -0.207 e. The van der Waals surface area contributed by atoms with Gasteiger partial charge in [-0.2, -0.15) is 0 Å². The van der Waals surface area contributed by atoms with Crippen molar-refractivity contribution in [3.63, 3.8) is 0 Å². The smallest absolute Gasteiger partial charge is 0.137 e. The second-order valence-corrected chi connectivity index (χ2v) is 3.43. The lowest BCUT2D eigenvalue weighted by atomic mass is 10.1. The molecule has 1 aromatic carbocycles. The molecule has 1 aromatic rings. The summed E-state index contributed by atoms with van der Waals surface area (Å²) in [5.41, 5.74) is 0.296. The molecule has 0 saturated heterocycles. The molecule has 0 nitrogen and oxygen atoms in total. The van der Waals surface area contributed by atoms with Crippen LogP contribution in [0.5, 0.6) is 0 Å². The average Bonchev–Trinajstić information content (AvgIpc) is 2.06. The molecule has 0 bridgehead atoms. The predicted molar refractivity (Wildman–Crippen MR) is 48.5 cm³/mol. The molecule has 0 atom stereocenters. The van der Waals surface area contributed by atoms with Crippen LogP contribution in [0.3, 0.4) is 0 Å². The van der Waals surface area contributed by atoms with E-state index in [0.717, 1.165) is 12.1 Å². The maximum atomic E-state index is 13.0. The third-order valence-electron chi connectivity index (χ3n) is 1.48. The Morgan fingerprint density at radius 3 is 2.42 bits per heavy atom. The highest BCUT2D eigenvalue weighted by molar-refractivity contribution is 9.10. The summed E-state index contributed by atoms with van der Waals surface area (Å²) in [6.07, 6.45) is 0.325. The first-order valence-electron chi connectivity index (χ1n) is 3.35. The molecule has 12 heavy (non-hydrogen) atoms. The number of hydrogen-bond acceptors (Lipinski definition) is 0. The van der Waals surface area contributed by atoms with Crippen LogP contribution >= 0.6 is 27.5 Å². The van der Waals surface area contributed by atoms with Crippen molar-refractivity contribution in [3.8, 4) is 0 Å². The first-order chi connectivity index (χ1) is 5.66. The summed E-state index contributed by atoms with van der Waals surface area (Å²) in [6, 6.07) is 2.18. The molecule has 0 amide bonds. The molecule has 1 rings (SSSR count). The average molecular weight is 255 g/mol. The number of alkyl halides is 1. The number of benzene rings is 1. The number of rotatable bonds is 2. The van der Waals surface area contributed by atoms with Gasteiger partial charge >= 0.3 is 0 Å². The van der Waals surface area contributed by atoms with Gasteiger partial charge in [-0.1, -0.05) is 0 Å². The molecule has 0 aromatic heterocycles. The Balaban J connectivity index is 3.14. The van der Waals surface area contributed by atoms with Crippen molar-refractivity contribution in [1.82, 2.24) is 0 Å². The zero-order valence-corrected chi connectivity index (χ0v) is 8.42. The van der Waals surface area contributed by atoms with E-state index in [1.165, 1.54) is 0 Å². The molecule has 0 aliphatic heterocycles. The Morgan fingerprint density at radius 2 is 1.83 bits per heavy atom. The lowest BCUT2D eigenvalue weighted by Crippen LogP contribution is -1.95. The van der Waals surface area contributed by atoms with Crippen molar-refractivity contribution < 1.29 is 8.78 Å². The zero-order valence-electron chi connectivity index (χ0n) is 6.08. The fourth-order valence-electron chi connectivity index (χ4n) is 0.893. The van der Waals surface area contributed by atoms with Crippen molar-refractivity contribution >= 4 is 27.5 Å². The third kappa shape index (κ3) is 1.96. The summed E-state index contributed by atoms with van der Waals surface area (Å²) in [5, 5.41) is 0. The van der Waals surface area contributed by atoms with E-state index in [1.54, 1.807) is 0 Å².